The third kappa shape index (κ3) is 5.64. The summed E-state index contributed by atoms with van der Waals surface area (Å²) in [6.07, 6.45) is 3.46. The maximum Gasteiger partial charge on any atom is 0.251 e. The van der Waals surface area contributed by atoms with Crippen LogP contribution in [-0.4, -0.2) is 36.2 Å². The summed E-state index contributed by atoms with van der Waals surface area (Å²) in [5.41, 5.74) is 4.49. The Morgan fingerprint density at radius 2 is 1.70 bits per heavy atom. The largest absolute Gasteiger partial charge is 0.491 e. The number of ether oxygens (including phenoxy) is 2. The van der Waals surface area contributed by atoms with E-state index in [1.807, 2.05) is 57.2 Å². The molecule has 3 rings (SSSR count). The van der Waals surface area contributed by atoms with E-state index in [4.69, 9.17) is 9.47 Å². The Morgan fingerprint density at radius 1 is 1.00 bits per heavy atom. The lowest BCUT2D eigenvalue weighted by Gasteiger charge is -2.16. The molecule has 0 bridgehead atoms. The number of hydrogen-bond donors (Lipinski definition) is 1. The summed E-state index contributed by atoms with van der Waals surface area (Å²) < 4.78 is 10.9. The van der Waals surface area contributed by atoms with Crippen LogP contribution in [0.5, 0.6) is 5.75 Å². The minimum atomic E-state index is -0.223. The quantitative estimate of drug-likeness (QED) is 0.567. The van der Waals surface area contributed by atoms with Crippen LogP contribution in [-0.2, 0) is 4.74 Å². The molecule has 0 spiro atoms. The highest BCUT2D eigenvalue weighted by atomic mass is 16.5. The average Bonchev–Trinajstić information content (AvgIpc) is 2.74. The minimum Gasteiger partial charge on any atom is -0.491 e. The first-order valence-electron chi connectivity index (χ1n) is 9.89. The van der Waals surface area contributed by atoms with Crippen LogP contribution in [0.1, 0.15) is 40.3 Å². The van der Waals surface area contributed by atoms with Crippen molar-refractivity contribution in [3.8, 4) is 16.9 Å². The fourth-order valence-electron chi connectivity index (χ4n) is 2.96. The second-order valence-electron chi connectivity index (χ2n) is 7.21. The maximum atomic E-state index is 13.0. The van der Waals surface area contributed by atoms with Crippen molar-refractivity contribution >= 4 is 5.91 Å². The van der Waals surface area contributed by atoms with Crippen LogP contribution in [0.25, 0.3) is 11.1 Å². The smallest absolute Gasteiger partial charge is 0.251 e. The van der Waals surface area contributed by atoms with Crippen LogP contribution in [0.2, 0.25) is 0 Å². The highest BCUT2D eigenvalue weighted by Gasteiger charge is 2.15. The fraction of sp³-hybridized carbons (Fsp3) is 0.292. The summed E-state index contributed by atoms with van der Waals surface area (Å²) in [5.74, 6) is 1.14. The lowest BCUT2D eigenvalue weighted by Crippen LogP contribution is -2.27. The third-order valence-electron chi connectivity index (χ3n) is 4.76. The molecule has 3 aromatic rings. The molecule has 0 radical (unpaired) electrons. The minimum absolute atomic E-state index is 0.186. The number of methoxy groups -OCH3 is 1. The predicted octanol–water partition coefficient (Wildman–Crippen LogP) is 4.28. The molecule has 0 aliphatic heterocycles. The van der Waals surface area contributed by atoms with Crippen molar-refractivity contribution < 1.29 is 14.3 Å². The Kier molecular flexibility index (Phi) is 7.14. The Morgan fingerprint density at radius 3 is 2.37 bits per heavy atom. The predicted molar refractivity (Wildman–Crippen MR) is 117 cm³/mol. The number of nitrogens with zero attached hydrogens (tertiary/aromatic N) is 2. The Bertz CT molecular complexity index is 986. The molecule has 1 amide bonds. The number of carbonyl (C=O) groups excluding carboxylic acids is 1. The van der Waals surface area contributed by atoms with Gasteiger partial charge in [0.15, 0.2) is 0 Å². The molecular weight excluding hydrogens is 378 g/mol. The van der Waals surface area contributed by atoms with Gasteiger partial charge in [-0.05, 0) is 50.1 Å². The summed E-state index contributed by atoms with van der Waals surface area (Å²) in [6, 6.07) is 13.5. The van der Waals surface area contributed by atoms with Gasteiger partial charge < -0.3 is 14.8 Å². The van der Waals surface area contributed by atoms with Gasteiger partial charge in [-0.1, -0.05) is 29.8 Å². The highest BCUT2D eigenvalue weighted by Crippen LogP contribution is 2.27. The number of benzene rings is 2. The molecule has 1 aromatic heterocycles. The van der Waals surface area contributed by atoms with Gasteiger partial charge in [0.25, 0.3) is 5.91 Å². The van der Waals surface area contributed by atoms with Gasteiger partial charge in [0, 0.05) is 30.6 Å². The van der Waals surface area contributed by atoms with Gasteiger partial charge in [-0.25, -0.2) is 9.97 Å². The molecule has 30 heavy (non-hydrogen) atoms. The average molecular weight is 405 g/mol. The molecule has 6 heteroatoms. The molecule has 0 unspecified atom stereocenters. The molecule has 0 aliphatic carbocycles. The topological polar surface area (TPSA) is 73.3 Å². The van der Waals surface area contributed by atoms with Crippen molar-refractivity contribution in [1.82, 2.24) is 15.3 Å². The van der Waals surface area contributed by atoms with E-state index in [1.54, 1.807) is 25.6 Å². The number of aryl methyl sites for hydroxylation is 2. The van der Waals surface area contributed by atoms with E-state index >= 15 is 0 Å². The number of rotatable bonds is 8. The van der Waals surface area contributed by atoms with Crippen LogP contribution in [0.4, 0.5) is 0 Å². The van der Waals surface area contributed by atoms with Crippen molar-refractivity contribution in [1.29, 1.82) is 0 Å². The first-order chi connectivity index (χ1) is 14.5. The molecule has 0 saturated heterocycles. The lowest BCUT2D eigenvalue weighted by molar-refractivity contribution is 0.0939. The molecule has 1 atom stereocenters. The number of carbonyl (C=O) groups is 1. The SMILES string of the molecule is COCCOc1cc(C(=O)N[C@H](C)c2cnc(C)nc2)cc(-c2ccc(C)cc2)c1. The standard InChI is InChI=1S/C24H27N3O3/c1-16-5-7-19(8-6-16)20-11-21(13-23(12-20)30-10-9-29-4)24(28)27-17(2)22-14-25-18(3)26-15-22/h5-8,11-15,17H,9-10H2,1-4H3,(H,27,28)/t17-/m1/s1. The van der Waals surface area contributed by atoms with Crippen molar-refractivity contribution in [2.75, 3.05) is 20.3 Å². The summed E-state index contributed by atoms with van der Waals surface area (Å²) in [7, 11) is 1.63. The highest BCUT2D eigenvalue weighted by molar-refractivity contribution is 5.96. The van der Waals surface area contributed by atoms with Crippen molar-refractivity contribution in [2.24, 2.45) is 0 Å². The molecule has 6 nitrogen and oxygen atoms in total. The van der Waals surface area contributed by atoms with Crippen LogP contribution < -0.4 is 10.1 Å². The normalized spacial score (nSPS) is 11.7. The van der Waals surface area contributed by atoms with Gasteiger partial charge in [0.05, 0.1) is 12.6 Å². The van der Waals surface area contributed by atoms with Crippen molar-refractivity contribution in [3.63, 3.8) is 0 Å². The first kappa shape index (κ1) is 21.5. The molecule has 156 valence electrons. The molecular formula is C24H27N3O3. The second kappa shape index (κ2) is 9.98. The second-order valence-corrected chi connectivity index (χ2v) is 7.21. The van der Waals surface area contributed by atoms with Crippen molar-refractivity contribution in [2.45, 2.75) is 26.8 Å². The van der Waals surface area contributed by atoms with Crippen LogP contribution in [0.3, 0.4) is 0 Å². The monoisotopic (exact) mass is 405 g/mol. The van der Waals surface area contributed by atoms with E-state index in [-0.39, 0.29) is 11.9 Å². The van der Waals surface area contributed by atoms with Gasteiger partial charge in [0.1, 0.15) is 18.2 Å². The van der Waals surface area contributed by atoms with Gasteiger partial charge in [0.2, 0.25) is 0 Å². The summed E-state index contributed by atoms with van der Waals surface area (Å²) in [5, 5.41) is 3.02. The zero-order valence-electron chi connectivity index (χ0n) is 17.8. The number of hydrogen-bond acceptors (Lipinski definition) is 5. The van der Waals surface area contributed by atoms with Gasteiger partial charge >= 0.3 is 0 Å². The van der Waals surface area contributed by atoms with E-state index in [1.165, 1.54) is 5.56 Å². The van der Waals surface area contributed by atoms with E-state index < -0.39 is 0 Å². The van der Waals surface area contributed by atoms with Gasteiger partial charge in [-0.2, -0.15) is 0 Å². The summed E-state index contributed by atoms with van der Waals surface area (Å²) in [4.78, 5) is 21.4. The van der Waals surface area contributed by atoms with Gasteiger partial charge in [-0.3, -0.25) is 4.79 Å². The van der Waals surface area contributed by atoms with E-state index in [9.17, 15) is 4.79 Å². The van der Waals surface area contributed by atoms with Gasteiger partial charge in [-0.15, -0.1) is 0 Å². The summed E-state index contributed by atoms with van der Waals surface area (Å²) in [6.45, 7) is 6.66. The van der Waals surface area contributed by atoms with E-state index in [2.05, 4.69) is 15.3 Å². The Hall–Kier alpha value is -3.25. The molecule has 0 saturated carbocycles. The molecule has 0 fully saturated rings. The van der Waals surface area contributed by atoms with Crippen LogP contribution >= 0.6 is 0 Å². The van der Waals surface area contributed by atoms with E-state index in [0.717, 1.165) is 16.7 Å². The Balaban J connectivity index is 1.86. The van der Waals surface area contributed by atoms with Crippen LogP contribution in [0.15, 0.2) is 54.9 Å². The number of aromatic nitrogens is 2. The molecule has 2 aromatic carbocycles. The molecule has 1 N–H and O–H groups in total. The van der Waals surface area contributed by atoms with E-state index in [0.29, 0.717) is 30.4 Å². The lowest BCUT2D eigenvalue weighted by atomic mass is 10.0. The van der Waals surface area contributed by atoms with Crippen LogP contribution in [0, 0.1) is 13.8 Å². The third-order valence-corrected chi connectivity index (χ3v) is 4.76. The number of amides is 1. The fourth-order valence-corrected chi connectivity index (χ4v) is 2.96. The number of nitrogens with one attached hydrogen (secondary N) is 1. The zero-order valence-corrected chi connectivity index (χ0v) is 17.8. The van der Waals surface area contributed by atoms with Crippen molar-refractivity contribution in [3.05, 3.63) is 77.4 Å². The molecule has 1 heterocycles. The first-order valence-corrected chi connectivity index (χ1v) is 9.89. The zero-order chi connectivity index (χ0) is 21.5. The molecule has 0 aliphatic rings. The maximum absolute atomic E-state index is 13.0. The summed E-state index contributed by atoms with van der Waals surface area (Å²) >= 11 is 0. The Labute approximate surface area is 177 Å².